The Balaban J connectivity index is 1.51. The Morgan fingerprint density at radius 3 is 2.95 bits per heavy atom. The number of imidazole rings is 1. The molecular weight excluding hydrogens is 236 g/mol. The number of fused-ring (bicyclic) bond motifs is 1. The number of rotatable bonds is 5. The molecule has 0 radical (unpaired) electrons. The third-order valence-corrected chi connectivity index (χ3v) is 3.92. The van der Waals surface area contributed by atoms with Gasteiger partial charge in [-0.1, -0.05) is 6.07 Å². The van der Waals surface area contributed by atoms with Crippen molar-refractivity contribution < 1.29 is 0 Å². The minimum atomic E-state index is 0.625. The summed E-state index contributed by atoms with van der Waals surface area (Å²) in [5.74, 6) is 0. The van der Waals surface area contributed by atoms with Crippen LogP contribution in [0.1, 0.15) is 25.5 Å². The van der Waals surface area contributed by atoms with E-state index in [1.165, 1.54) is 25.9 Å². The van der Waals surface area contributed by atoms with Crippen LogP contribution in [0.15, 0.2) is 30.6 Å². The summed E-state index contributed by atoms with van der Waals surface area (Å²) < 4.78 is 2.07. The lowest BCUT2D eigenvalue weighted by molar-refractivity contribution is 0.251. The molecule has 3 rings (SSSR count). The van der Waals surface area contributed by atoms with Gasteiger partial charge in [0.25, 0.3) is 0 Å². The highest BCUT2D eigenvalue weighted by atomic mass is 15.2. The quantitative estimate of drug-likeness (QED) is 0.889. The summed E-state index contributed by atoms with van der Waals surface area (Å²) >= 11 is 0. The summed E-state index contributed by atoms with van der Waals surface area (Å²) in [5, 5.41) is 3.52. The van der Waals surface area contributed by atoms with Crippen LogP contribution in [0.4, 0.5) is 0 Å². The van der Waals surface area contributed by atoms with Crippen LogP contribution in [0.2, 0.25) is 0 Å². The molecule has 2 aromatic rings. The van der Waals surface area contributed by atoms with Gasteiger partial charge in [-0.2, -0.15) is 0 Å². The second kappa shape index (κ2) is 5.72. The zero-order valence-electron chi connectivity index (χ0n) is 11.5. The van der Waals surface area contributed by atoms with Gasteiger partial charge < -0.3 is 9.72 Å². The Labute approximate surface area is 114 Å². The predicted molar refractivity (Wildman–Crippen MR) is 77.2 cm³/mol. The van der Waals surface area contributed by atoms with Gasteiger partial charge in [-0.05, 0) is 45.0 Å². The average molecular weight is 258 g/mol. The topological polar surface area (TPSA) is 32.6 Å². The van der Waals surface area contributed by atoms with Crippen molar-refractivity contribution in [1.82, 2.24) is 19.6 Å². The van der Waals surface area contributed by atoms with E-state index in [2.05, 4.69) is 32.7 Å². The molecule has 1 atom stereocenters. The summed E-state index contributed by atoms with van der Waals surface area (Å²) in [6.07, 6.45) is 6.86. The van der Waals surface area contributed by atoms with Crippen LogP contribution in [0.5, 0.6) is 0 Å². The van der Waals surface area contributed by atoms with Crippen LogP contribution >= 0.6 is 0 Å². The molecule has 2 aromatic heterocycles. The van der Waals surface area contributed by atoms with Crippen molar-refractivity contribution in [3.8, 4) is 0 Å². The van der Waals surface area contributed by atoms with Crippen molar-refractivity contribution in [2.75, 3.05) is 19.6 Å². The van der Waals surface area contributed by atoms with Crippen LogP contribution in [0, 0.1) is 0 Å². The number of nitrogens with one attached hydrogen (secondary N) is 1. The Kier molecular flexibility index (Phi) is 3.80. The van der Waals surface area contributed by atoms with E-state index in [0.29, 0.717) is 6.04 Å². The second-order valence-corrected chi connectivity index (χ2v) is 5.42. The highest BCUT2D eigenvalue weighted by molar-refractivity contribution is 5.39. The van der Waals surface area contributed by atoms with E-state index in [4.69, 9.17) is 0 Å². The van der Waals surface area contributed by atoms with Crippen LogP contribution in [-0.4, -0.2) is 40.0 Å². The van der Waals surface area contributed by atoms with E-state index in [0.717, 1.165) is 24.4 Å². The zero-order chi connectivity index (χ0) is 13.1. The first-order valence-electron chi connectivity index (χ1n) is 7.20. The smallest absolute Gasteiger partial charge is 0.137 e. The van der Waals surface area contributed by atoms with Gasteiger partial charge in [-0.3, -0.25) is 4.90 Å². The van der Waals surface area contributed by atoms with Crippen molar-refractivity contribution >= 4 is 5.65 Å². The number of likely N-dealkylation sites (tertiary alicyclic amines) is 1. The number of pyridine rings is 1. The first kappa shape index (κ1) is 12.6. The second-order valence-electron chi connectivity index (χ2n) is 5.42. The molecule has 1 N–H and O–H groups in total. The zero-order valence-corrected chi connectivity index (χ0v) is 11.5. The van der Waals surface area contributed by atoms with Crippen LogP contribution in [0.25, 0.3) is 5.65 Å². The maximum Gasteiger partial charge on any atom is 0.137 e. The normalized spacial score (nSPS) is 18.2. The molecule has 1 aliphatic rings. The highest BCUT2D eigenvalue weighted by Crippen LogP contribution is 2.11. The van der Waals surface area contributed by atoms with Gasteiger partial charge in [0, 0.05) is 31.5 Å². The third kappa shape index (κ3) is 2.96. The molecule has 1 unspecified atom stereocenters. The predicted octanol–water partition coefficient (Wildman–Crippen LogP) is 1.91. The minimum Gasteiger partial charge on any atom is -0.310 e. The van der Waals surface area contributed by atoms with Gasteiger partial charge in [-0.15, -0.1) is 0 Å². The number of hydrogen-bond donors (Lipinski definition) is 1. The molecule has 1 aliphatic heterocycles. The summed E-state index contributed by atoms with van der Waals surface area (Å²) in [5.41, 5.74) is 2.13. The molecule has 0 aromatic carbocycles. The fraction of sp³-hybridized carbons (Fsp3) is 0.533. The van der Waals surface area contributed by atoms with Crippen molar-refractivity contribution in [3.05, 3.63) is 36.3 Å². The van der Waals surface area contributed by atoms with E-state index in [9.17, 15) is 0 Å². The largest absolute Gasteiger partial charge is 0.310 e. The molecule has 0 bridgehead atoms. The Bertz CT molecular complexity index is 495. The Morgan fingerprint density at radius 2 is 2.16 bits per heavy atom. The number of nitrogens with zero attached hydrogens (tertiary/aromatic N) is 3. The highest BCUT2D eigenvalue weighted by Gasteiger charge is 2.17. The molecule has 4 heteroatoms. The molecule has 0 aliphatic carbocycles. The molecule has 0 amide bonds. The van der Waals surface area contributed by atoms with Crippen molar-refractivity contribution in [2.24, 2.45) is 0 Å². The maximum atomic E-state index is 4.59. The molecule has 3 heterocycles. The molecular formula is C15H22N4. The van der Waals surface area contributed by atoms with Gasteiger partial charge in [0.05, 0.1) is 5.69 Å². The van der Waals surface area contributed by atoms with E-state index < -0.39 is 0 Å². The van der Waals surface area contributed by atoms with Crippen LogP contribution in [-0.2, 0) is 6.54 Å². The van der Waals surface area contributed by atoms with E-state index in [1.807, 2.05) is 24.4 Å². The van der Waals surface area contributed by atoms with Gasteiger partial charge in [0.2, 0.25) is 0 Å². The Hall–Kier alpha value is -1.39. The van der Waals surface area contributed by atoms with Gasteiger partial charge in [0.1, 0.15) is 5.65 Å². The molecule has 102 valence electrons. The summed E-state index contributed by atoms with van der Waals surface area (Å²) in [6, 6.07) is 6.71. The summed E-state index contributed by atoms with van der Waals surface area (Å²) in [4.78, 5) is 7.16. The molecule has 1 saturated heterocycles. The maximum absolute atomic E-state index is 4.59. The average Bonchev–Trinajstić information content (AvgIpc) is 3.07. The van der Waals surface area contributed by atoms with Crippen molar-refractivity contribution in [2.45, 2.75) is 32.4 Å². The monoisotopic (exact) mass is 258 g/mol. The fourth-order valence-corrected chi connectivity index (χ4v) is 2.79. The standard InChI is InChI=1S/C15H22N4/c1-13(18-7-4-5-8-18)10-16-11-14-12-19-9-3-2-6-15(19)17-14/h2-3,6,9,12-13,16H,4-5,7-8,10-11H2,1H3. The lowest BCUT2D eigenvalue weighted by atomic mass is 10.3. The lowest BCUT2D eigenvalue weighted by Crippen LogP contribution is -2.38. The number of aromatic nitrogens is 2. The molecule has 4 nitrogen and oxygen atoms in total. The summed E-state index contributed by atoms with van der Waals surface area (Å²) in [7, 11) is 0. The minimum absolute atomic E-state index is 0.625. The van der Waals surface area contributed by atoms with E-state index in [-0.39, 0.29) is 0 Å². The lowest BCUT2D eigenvalue weighted by Gasteiger charge is -2.23. The first-order valence-corrected chi connectivity index (χ1v) is 7.20. The molecule has 0 saturated carbocycles. The summed E-state index contributed by atoms with van der Waals surface area (Å²) in [6.45, 7) is 6.71. The molecule has 1 fully saturated rings. The van der Waals surface area contributed by atoms with Crippen molar-refractivity contribution in [1.29, 1.82) is 0 Å². The van der Waals surface area contributed by atoms with E-state index in [1.54, 1.807) is 0 Å². The van der Waals surface area contributed by atoms with Gasteiger partial charge >= 0.3 is 0 Å². The van der Waals surface area contributed by atoms with Gasteiger partial charge in [0.15, 0.2) is 0 Å². The van der Waals surface area contributed by atoms with Crippen LogP contribution < -0.4 is 5.32 Å². The first-order chi connectivity index (χ1) is 9.33. The van der Waals surface area contributed by atoms with E-state index >= 15 is 0 Å². The third-order valence-electron chi connectivity index (χ3n) is 3.92. The fourth-order valence-electron chi connectivity index (χ4n) is 2.79. The van der Waals surface area contributed by atoms with Crippen LogP contribution in [0.3, 0.4) is 0 Å². The Morgan fingerprint density at radius 1 is 1.32 bits per heavy atom. The molecule has 0 spiro atoms. The number of hydrogen-bond acceptors (Lipinski definition) is 3. The molecule has 19 heavy (non-hydrogen) atoms. The SMILES string of the molecule is CC(CNCc1cn2ccccc2n1)N1CCCC1. The van der Waals surface area contributed by atoms with Crippen molar-refractivity contribution in [3.63, 3.8) is 0 Å². The van der Waals surface area contributed by atoms with Gasteiger partial charge in [-0.25, -0.2) is 4.98 Å².